The summed E-state index contributed by atoms with van der Waals surface area (Å²) >= 11 is 0. The van der Waals surface area contributed by atoms with E-state index in [1.54, 1.807) is 0 Å². The standard InChI is InChI=1S/C23H24O/c1-3-11-19-20(12-4-2)23(24)22(18-15-9-6-10-16-18)21(19)17-13-7-5-8-14-17/h5-10,13-16H,3-4,11-12H2,1-2H3. The number of allylic oxidation sites excluding steroid dienone is 4. The van der Waals surface area contributed by atoms with Crippen LogP contribution in [0.4, 0.5) is 0 Å². The Morgan fingerprint density at radius 1 is 0.625 bits per heavy atom. The van der Waals surface area contributed by atoms with E-state index < -0.39 is 0 Å². The molecule has 122 valence electrons. The average Bonchev–Trinajstić information content (AvgIpc) is 2.90. The summed E-state index contributed by atoms with van der Waals surface area (Å²) in [6.07, 6.45) is 3.87. The third-order valence-corrected chi connectivity index (χ3v) is 4.54. The van der Waals surface area contributed by atoms with Crippen LogP contribution in [0.15, 0.2) is 71.8 Å². The minimum absolute atomic E-state index is 0.227. The summed E-state index contributed by atoms with van der Waals surface area (Å²) in [5.74, 6) is 0.227. The maximum absolute atomic E-state index is 13.2. The lowest BCUT2D eigenvalue weighted by Gasteiger charge is -2.12. The van der Waals surface area contributed by atoms with Gasteiger partial charge < -0.3 is 0 Å². The summed E-state index contributed by atoms with van der Waals surface area (Å²) in [6, 6.07) is 20.5. The first-order chi connectivity index (χ1) is 11.8. The van der Waals surface area contributed by atoms with Crippen LogP contribution >= 0.6 is 0 Å². The number of carbonyl (C=O) groups excluding carboxylic acids is 1. The lowest BCUT2D eigenvalue weighted by Crippen LogP contribution is -2.02. The van der Waals surface area contributed by atoms with Crippen LogP contribution < -0.4 is 0 Å². The Labute approximate surface area is 144 Å². The van der Waals surface area contributed by atoms with Crippen LogP contribution in [0.3, 0.4) is 0 Å². The van der Waals surface area contributed by atoms with E-state index in [4.69, 9.17) is 0 Å². The van der Waals surface area contributed by atoms with E-state index in [0.29, 0.717) is 0 Å². The summed E-state index contributed by atoms with van der Waals surface area (Å²) in [7, 11) is 0. The van der Waals surface area contributed by atoms with Gasteiger partial charge in [0, 0.05) is 11.1 Å². The topological polar surface area (TPSA) is 17.1 Å². The predicted octanol–water partition coefficient (Wildman–Crippen LogP) is 6.08. The molecule has 0 fully saturated rings. The van der Waals surface area contributed by atoms with Crippen molar-refractivity contribution in [1.29, 1.82) is 0 Å². The van der Waals surface area contributed by atoms with Crippen molar-refractivity contribution in [3.8, 4) is 0 Å². The van der Waals surface area contributed by atoms with Crippen molar-refractivity contribution < 1.29 is 4.79 Å². The Hall–Kier alpha value is -2.41. The van der Waals surface area contributed by atoms with E-state index in [-0.39, 0.29) is 5.78 Å². The normalized spacial score (nSPS) is 14.7. The molecule has 0 radical (unpaired) electrons. The Bertz CT molecular complexity index is 779. The van der Waals surface area contributed by atoms with Gasteiger partial charge in [-0.05, 0) is 35.1 Å². The molecule has 24 heavy (non-hydrogen) atoms. The van der Waals surface area contributed by atoms with Gasteiger partial charge in [0.05, 0.1) is 0 Å². The highest BCUT2D eigenvalue weighted by molar-refractivity contribution is 6.40. The summed E-state index contributed by atoms with van der Waals surface area (Å²) < 4.78 is 0. The smallest absolute Gasteiger partial charge is 0.190 e. The summed E-state index contributed by atoms with van der Waals surface area (Å²) in [6.45, 7) is 4.33. The van der Waals surface area contributed by atoms with Crippen LogP contribution in [0.2, 0.25) is 0 Å². The Morgan fingerprint density at radius 2 is 1.08 bits per heavy atom. The van der Waals surface area contributed by atoms with Gasteiger partial charge in [0.15, 0.2) is 5.78 Å². The van der Waals surface area contributed by atoms with Crippen LogP contribution in [-0.2, 0) is 4.79 Å². The number of rotatable bonds is 6. The monoisotopic (exact) mass is 316 g/mol. The molecule has 0 heterocycles. The van der Waals surface area contributed by atoms with Gasteiger partial charge in [-0.1, -0.05) is 87.4 Å². The van der Waals surface area contributed by atoms with Crippen molar-refractivity contribution in [2.45, 2.75) is 39.5 Å². The van der Waals surface area contributed by atoms with Crippen molar-refractivity contribution in [3.05, 3.63) is 82.9 Å². The first-order valence-corrected chi connectivity index (χ1v) is 8.90. The van der Waals surface area contributed by atoms with Gasteiger partial charge >= 0.3 is 0 Å². The fourth-order valence-corrected chi connectivity index (χ4v) is 3.55. The number of benzene rings is 2. The molecule has 0 aliphatic heterocycles. The van der Waals surface area contributed by atoms with Crippen LogP contribution in [0.1, 0.15) is 50.7 Å². The van der Waals surface area contributed by atoms with Gasteiger partial charge in [-0.3, -0.25) is 4.79 Å². The molecular formula is C23H24O. The molecule has 0 saturated carbocycles. The molecule has 0 atom stereocenters. The van der Waals surface area contributed by atoms with Gasteiger partial charge in [-0.2, -0.15) is 0 Å². The predicted molar refractivity (Wildman–Crippen MR) is 102 cm³/mol. The second-order valence-electron chi connectivity index (χ2n) is 6.27. The average molecular weight is 316 g/mol. The van der Waals surface area contributed by atoms with Crippen LogP contribution in [-0.4, -0.2) is 5.78 Å². The quantitative estimate of drug-likeness (QED) is 0.631. The van der Waals surface area contributed by atoms with E-state index in [0.717, 1.165) is 53.5 Å². The highest BCUT2D eigenvalue weighted by Gasteiger charge is 2.32. The van der Waals surface area contributed by atoms with Crippen molar-refractivity contribution >= 4 is 16.9 Å². The highest BCUT2D eigenvalue weighted by atomic mass is 16.1. The zero-order valence-electron chi connectivity index (χ0n) is 14.5. The molecule has 0 spiro atoms. The molecule has 1 nitrogen and oxygen atoms in total. The van der Waals surface area contributed by atoms with Crippen molar-refractivity contribution in [3.63, 3.8) is 0 Å². The largest absolute Gasteiger partial charge is 0.289 e. The molecule has 0 aromatic heterocycles. The summed E-state index contributed by atoms with van der Waals surface area (Å²) in [4.78, 5) is 13.2. The van der Waals surface area contributed by atoms with E-state index in [1.165, 1.54) is 5.57 Å². The van der Waals surface area contributed by atoms with Gasteiger partial charge in [0.1, 0.15) is 0 Å². The Balaban J connectivity index is 2.25. The maximum Gasteiger partial charge on any atom is 0.190 e. The summed E-state index contributed by atoms with van der Waals surface area (Å²) in [5, 5.41) is 0. The number of Topliss-reactive ketones (excluding diaryl/α,β-unsaturated/α-hetero) is 1. The maximum atomic E-state index is 13.2. The van der Waals surface area contributed by atoms with E-state index in [2.05, 4.69) is 50.2 Å². The molecule has 1 heteroatoms. The number of carbonyl (C=O) groups is 1. The van der Waals surface area contributed by atoms with Gasteiger partial charge in [-0.15, -0.1) is 0 Å². The molecule has 0 amide bonds. The van der Waals surface area contributed by atoms with E-state index >= 15 is 0 Å². The van der Waals surface area contributed by atoms with Gasteiger partial charge in [-0.25, -0.2) is 0 Å². The molecule has 0 N–H and O–H groups in total. The molecule has 0 saturated heterocycles. The first kappa shape index (κ1) is 16.4. The second kappa shape index (κ2) is 7.44. The molecule has 1 aliphatic carbocycles. The van der Waals surface area contributed by atoms with E-state index in [1.807, 2.05) is 24.3 Å². The number of hydrogen-bond acceptors (Lipinski definition) is 1. The molecule has 1 aliphatic rings. The zero-order chi connectivity index (χ0) is 16.9. The lowest BCUT2D eigenvalue weighted by atomic mass is 9.91. The van der Waals surface area contributed by atoms with Crippen LogP contribution in [0, 0.1) is 0 Å². The third kappa shape index (κ3) is 2.99. The molecule has 2 aromatic rings. The third-order valence-electron chi connectivity index (χ3n) is 4.54. The van der Waals surface area contributed by atoms with E-state index in [9.17, 15) is 4.79 Å². The Kier molecular flexibility index (Phi) is 5.10. The van der Waals surface area contributed by atoms with Gasteiger partial charge in [0.2, 0.25) is 0 Å². The summed E-state index contributed by atoms with van der Waals surface area (Å²) in [5.41, 5.74) is 6.50. The minimum atomic E-state index is 0.227. The number of hydrogen-bond donors (Lipinski definition) is 0. The number of ketones is 1. The minimum Gasteiger partial charge on any atom is -0.289 e. The zero-order valence-corrected chi connectivity index (χ0v) is 14.5. The molecular weight excluding hydrogens is 292 g/mol. The fourth-order valence-electron chi connectivity index (χ4n) is 3.55. The molecule has 0 unspecified atom stereocenters. The highest BCUT2D eigenvalue weighted by Crippen LogP contribution is 2.44. The second-order valence-corrected chi connectivity index (χ2v) is 6.27. The van der Waals surface area contributed by atoms with Crippen molar-refractivity contribution in [2.75, 3.05) is 0 Å². The molecule has 2 aromatic carbocycles. The van der Waals surface area contributed by atoms with Crippen molar-refractivity contribution in [2.24, 2.45) is 0 Å². The van der Waals surface area contributed by atoms with Crippen LogP contribution in [0.25, 0.3) is 11.1 Å². The Morgan fingerprint density at radius 3 is 1.58 bits per heavy atom. The van der Waals surface area contributed by atoms with Crippen LogP contribution in [0.5, 0.6) is 0 Å². The SMILES string of the molecule is CCCC1=C(CCC)C(c2ccccc2)=C(c2ccccc2)C1=O. The molecule has 0 bridgehead atoms. The van der Waals surface area contributed by atoms with Crippen molar-refractivity contribution in [1.82, 2.24) is 0 Å². The fraction of sp³-hybridized carbons (Fsp3) is 0.261. The lowest BCUT2D eigenvalue weighted by molar-refractivity contribution is -0.110. The first-order valence-electron chi connectivity index (χ1n) is 8.90. The van der Waals surface area contributed by atoms with Gasteiger partial charge in [0.25, 0.3) is 0 Å². The molecule has 3 rings (SSSR count).